The van der Waals surface area contributed by atoms with Crippen molar-refractivity contribution in [3.05, 3.63) is 83.4 Å². The molecule has 0 fully saturated rings. The number of fused-ring (bicyclic) bond motifs is 1. The number of hydrogen-bond donors (Lipinski definition) is 1. The smallest absolute Gasteiger partial charge is 0.336 e. The molecule has 0 spiro atoms. The molecule has 0 aliphatic heterocycles. The first kappa shape index (κ1) is 19.3. The summed E-state index contributed by atoms with van der Waals surface area (Å²) in [6.45, 7) is 0. The van der Waals surface area contributed by atoms with Gasteiger partial charge in [-0.2, -0.15) is 9.78 Å². The average Bonchev–Trinajstić information content (AvgIpc) is 3.14. The number of carboxylic acid groups (broad SMARTS) is 1. The van der Waals surface area contributed by atoms with E-state index >= 15 is 0 Å². The Morgan fingerprint density at radius 1 is 0.967 bits per heavy atom. The van der Waals surface area contributed by atoms with Crippen LogP contribution in [0.2, 0.25) is 0 Å². The number of nitrogens with zero attached hydrogens (tertiary/aromatic N) is 2. The number of aromatic carboxylic acids is 1. The summed E-state index contributed by atoms with van der Waals surface area (Å²) in [7, 11) is 1.29. The molecule has 0 unspecified atom stereocenters. The number of rotatable bonds is 4. The van der Waals surface area contributed by atoms with Gasteiger partial charge in [0.2, 0.25) is 0 Å². The first-order valence-electron chi connectivity index (χ1n) is 8.81. The monoisotopic (exact) mass is 408 g/mol. The maximum atomic E-state index is 14.8. The van der Waals surface area contributed by atoms with Crippen LogP contribution in [0.4, 0.5) is 8.78 Å². The number of benzene rings is 3. The van der Waals surface area contributed by atoms with Crippen LogP contribution in [0.25, 0.3) is 22.2 Å². The van der Waals surface area contributed by atoms with E-state index in [1.807, 2.05) is 0 Å². The van der Waals surface area contributed by atoms with E-state index in [1.54, 1.807) is 6.07 Å². The maximum absolute atomic E-state index is 14.8. The molecular formula is C22H14F2N2O4. The first-order chi connectivity index (χ1) is 14.4. The minimum absolute atomic E-state index is 0.00691. The fraction of sp³-hybridized carbons (Fsp3) is 0.0455. The lowest BCUT2D eigenvalue weighted by Crippen LogP contribution is -2.16. The van der Waals surface area contributed by atoms with Gasteiger partial charge < -0.3 is 9.84 Å². The summed E-state index contributed by atoms with van der Waals surface area (Å²) in [5.74, 6) is -3.63. The Hall–Kier alpha value is -4.07. The summed E-state index contributed by atoms with van der Waals surface area (Å²) in [4.78, 5) is 24.8. The predicted octanol–water partition coefficient (Wildman–Crippen LogP) is 4.38. The lowest BCUT2D eigenvalue weighted by molar-refractivity contribution is 0.0697. The van der Waals surface area contributed by atoms with Gasteiger partial charge in [0.05, 0.1) is 23.6 Å². The zero-order valence-electron chi connectivity index (χ0n) is 15.6. The summed E-state index contributed by atoms with van der Waals surface area (Å²) in [6.07, 6.45) is 0. The van der Waals surface area contributed by atoms with Gasteiger partial charge in [-0.3, -0.25) is 4.79 Å². The second kappa shape index (κ2) is 7.40. The Labute approximate surface area is 168 Å². The Bertz CT molecular complexity index is 1310. The van der Waals surface area contributed by atoms with Gasteiger partial charge in [0.25, 0.3) is 5.91 Å². The molecule has 0 radical (unpaired) electrons. The van der Waals surface area contributed by atoms with Gasteiger partial charge in [-0.05, 0) is 30.3 Å². The molecule has 1 aromatic heterocycles. The topological polar surface area (TPSA) is 81.4 Å². The van der Waals surface area contributed by atoms with Crippen LogP contribution in [0.15, 0.2) is 60.7 Å². The van der Waals surface area contributed by atoms with Crippen molar-refractivity contribution in [2.75, 3.05) is 7.11 Å². The molecule has 1 heterocycles. The lowest BCUT2D eigenvalue weighted by Gasteiger charge is -2.09. The van der Waals surface area contributed by atoms with Crippen LogP contribution < -0.4 is 4.74 Å². The van der Waals surface area contributed by atoms with Crippen molar-refractivity contribution in [3.8, 4) is 17.0 Å². The van der Waals surface area contributed by atoms with Crippen molar-refractivity contribution in [3.63, 3.8) is 0 Å². The number of carboxylic acids is 1. The number of carbonyl (C=O) groups is 2. The Morgan fingerprint density at radius 2 is 1.67 bits per heavy atom. The number of ether oxygens (including phenoxy) is 1. The summed E-state index contributed by atoms with van der Waals surface area (Å²) >= 11 is 0. The van der Waals surface area contributed by atoms with Crippen LogP contribution in [-0.4, -0.2) is 33.9 Å². The van der Waals surface area contributed by atoms with Crippen molar-refractivity contribution in [2.45, 2.75) is 0 Å². The standard InChI is InChI=1S/C22H14F2N2O4/c1-30-17-11-5-9-15(24)19(17)21(27)26-16-10-4-8-14(23)18(16)20(25-26)12-6-2-3-7-13(12)22(28)29/h2-11H,1H3,(H,28,29). The quantitative estimate of drug-likeness (QED) is 0.542. The first-order valence-corrected chi connectivity index (χ1v) is 8.81. The second-order valence-electron chi connectivity index (χ2n) is 6.37. The van der Waals surface area contributed by atoms with E-state index in [-0.39, 0.29) is 39.0 Å². The molecule has 0 bridgehead atoms. The summed E-state index contributed by atoms with van der Waals surface area (Å²) in [6, 6.07) is 13.8. The van der Waals surface area contributed by atoms with Crippen LogP contribution in [-0.2, 0) is 0 Å². The number of methoxy groups -OCH3 is 1. The zero-order valence-corrected chi connectivity index (χ0v) is 15.6. The highest BCUT2D eigenvalue weighted by Crippen LogP contribution is 2.33. The largest absolute Gasteiger partial charge is 0.496 e. The van der Waals surface area contributed by atoms with E-state index in [0.29, 0.717) is 0 Å². The normalized spacial score (nSPS) is 10.9. The van der Waals surface area contributed by atoms with E-state index in [0.717, 1.165) is 10.7 Å². The van der Waals surface area contributed by atoms with Gasteiger partial charge in [0, 0.05) is 5.56 Å². The molecule has 0 atom stereocenters. The van der Waals surface area contributed by atoms with E-state index in [1.165, 1.54) is 55.6 Å². The van der Waals surface area contributed by atoms with Gasteiger partial charge in [-0.25, -0.2) is 13.6 Å². The molecule has 6 nitrogen and oxygen atoms in total. The highest BCUT2D eigenvalue weighted by molar-refractivity contribution is 6.08. The molecule has 0 aliphatic rings. The van der Waals surface area contributed by atoms with Crippen LogP contribution in [0.1, 0.15) is 20.7 Å². The molecule has 0 amide bonds. The molecule has 30 heavy (non-hydrogen) atoms. The maximum Gasteiger partial charge on any atom is 0.336 e. The highest BCUT2D eigenvalue weighted by atomic mass is 19.1. The third-order valence-electron chi connectivity index (χ3n) is 4.67. The molecule has 0 saturated carbocycles. The summed E-state index contributed by atoms with van der Waals surface area (Å²) in [5, 5.41) is 13.7. The zero-order chi connectivity index (χ0) is 21.4. The summed E-state index contributed by atoms with van der Waals surface area (Å²) in [5.41, 5.74) is -0.313. The van der Waals surface area contributed by atoms with Gasteiger partial charge in [0.15, 0.2) is 0 Å². The van der Waals surface area contributed by atoms with Gasteiger partial charge >= 0.3 is 5.97 Å². The number of hydrogen-bond acceptors (Lipinski definition) is 4. The predicted molar refractivity (Wildman–Crippen MR) is 105 cm³/mol. The average molecular weight is 408 g/mol. The Kier molecular flexibility index (Phi) is 4.75. The molecule has 4 aromatic rings. The van der Waals surface area contributed by atoms with Crippen molar-refractivity contribution in [1.82, 2.24) is 9.78 Å². The molecule has 0 saturated heterocycles. The minimum atomic E-state index is -1.23. The van der Waals surface area contributed by atoms with Crippen molar-refractivity contribution in [1.29, 1.82) is 0 Å². The van der Waals surface area contributed by atoms with Crippen molar-refractivity contribution >= 4 is 22.8 Å². The van der Waals surface area contributed by atoms with E-state index in [9.17, 15) is 23.5 Å². The molecule has 3 aromatic carbocycles. The molecule has 4 rings (SSSR count). The number of aromatic nitrogens is 2. The fourth-order valence-corrected chi connectivity index (χ4v) is 3.33. The number of halogens is 2. The van der Waals surface area contributed by atoms with E-state index in [4.69, 9.17) is 4.74 Å². The van der Waals surface area contributed by atoms with Gasteiger partial charge in [0.1, 0.15) is 28.6 Å². The molecular weight excluding hydrogens is 394 g/mol. The van der Waals surface area contributed by atoms with Crippen LogP contribution in [0.5, 0.6) is 5.75 Å². The second-order valence-corrected chi connectivity index (χ2v) is 6.37. The highest BCUT2D eigenvalue weighted by Gasteiger charge is 2.26. The summed E-state index contributed by atoms with van der Waals surface area (Å²) < 4.78 is 35.2. The molecule has 0 aliphatic carbocycles. The van der Waals surface area contributed by atoms with Gasteiger partial charge in [-0.15, -0.1) is 0 Å². The molecule has 1 N–H and O–H groups in total. The van der Waals surface area contributed by atoms with E-state index < -0.39 is 23.5 Å². The van der Waals surface area contributed by atoms with Crippen molar-refractivity contribution < 1.29 is 28.2 Å². The number of carbonyl (C=O) groups excluding carboxylic acids is 1. The third kappa shape index (κ3) is 2.98. The lowest BCUT2D eigenvalue weighted by atomic mass is 10.0. The SMILES string of the molecule is COc1cccc(F)c1C(=O)n1nc(-c2ccccc2C(=O)O)c2c(F)cccc21. The van der Waals surface area contributed by atoms with Crippen molar-refractivity contribution in [2.24, 2.45) is 0 Å². The van der Waals surface area contributed by atoms with Gasteiger partial charge in [-0.1, -0.05) is 30.3 Å². The third-order valence-corrected chi connectivity index (χ3v) is 4.67. The minimum Gasteiger partial charge on any atom is -0.496 e. The Morgan fingerprint density at radius 3 is 2.40 bits per heavy atom. The fourth-order valence-electron chi connectivity index (χ4n) is 3.33. The van der Waals surface area contributed by atoms with E-state index in [2.05, 4.69) is 5.10 Å². The van der Waals surface area contributed by atoms with Crippen LogP contribution >= 0.6 is 0 Å². The Balaban J connectivity index is 2.03. The van der Waals surface area contributed by atoms with Crippen LogP contribution in [0, 0.1) is 11.6 Å². The van der Waals surface area contributed by atoms with Crippen LogP contribution in [0.3, 0.4) is 0 Å². The molecule has 8 heteroatoms. The molecule has 150 valence electrons.